The quantitative estimate of drug-likeness (QED) is 0.275. The fraction of sp³-hybridized carbons (Fsp3) is 0.0476. The molecule has 148 valence electrons. The third-order valence-electron chi connectivity index (χ3n) is 3.77. The Hall–Kier alpha value is -2.35. The molecule has 0 fully saturated rings. The Kier molecular flexibility index (Phi) is 7.69. The minimum absolute atomic E-state index is 0.441. The Morgan fingerprint density at radius 3 is 2.45 bits per heavy atom. The van der Waals surface area contributed by atoms with Crippen molar-refractivity contribution in [2.45, 2.75) is 6.61 Å². The number of amides is 2. The minimum Gasteiger partial charge on any atom is -0.489 e. The van der Waals surface area contributed by atoms with Crippen molar-refractivity contribution in [3.05, 3.63) is 91.8 Å². The average molecular weight is 538 g/mol. The number of carbonyl (C=O) groups excluding carboxylic acids is 1. The first-order valence-electron chi connectivity index (χ1n) is 8.52. The van der Waals surface area contributed by atoms with Gasteiger partial charge in [-0.1, -0.05) is 49.5 Å². The topological polar surface area (TPSA) is 62.7 Å². The minimum atomic E-state index is -0.441. The van der Waals surface area contributed by atoms with Gasteiger partial charge >= 0.3 is 6.03 Å². The average Bonchev–Trinajstić information content (AvgIpc) is 2.70. The maximum absolute atomic E-state index is 11.8. The van der Waals surface area contributed by atoms with Crippen molar-refractivity contribution in [1.82, 2.24) is 5.43 Å². The monoisotopic (exact) mass is 535 g/mol. The van der Waals surface area contributed by atoms with Crippen LogP contribution in [0.2, 0.25) is 5.02 Å². The van der Waals surface area contributed by atoms with E-state index in [-0.39, 0.29) is 0 Å². The number of hydrogen-bond acceptors (Lipinski definition) is 3. The molecule has 0 aliphatic rings. The summed E-state index contributed by atoms with van der Waals surface area (Å²) >= 11 is 12.8. The van der Waals surface area contributed by atoms with E-state index in [2.05, 4.69) is 47.7 Å². The fourth-order valence-corrected chi connectivity index (χ4v) is 3.60. The zero-order valence-corrected chi connectivity index (χ0v) is 19.0. The first-order chi connectivity index (χ1) is 14.0. The van der Waals surface area contributed by atoms with E-state index in [1.165, 1.54) is 0 Å². The van der Waals surface area contributed by atoms with Gasteiger partial charge in [0.15, 0.2) is 0 Å². The number of halogens is 3. The predicted molar refractivity (Wildman–Crippen MR) is 124 cm³/mol. The van der Waals surface area contributed by atoms with E-state index in [1.54, 1.807) is 30.5 Å². The summed E-state index contributed by atoms with van der Waals surface area (Å²) in [6.07, 6.45) is 1.55. The molecule has 0 spiro atoms. The van der Waals surface area contributed by atoms with Gasteiger partial charge in [-0.15, -0.1) is 0 Å². The SMILES string of the molecule is O=C(N/N=C/c1ccc(OCc2ccc(Br)cc2Br)cc1)Nc1ccc(Cl)cc1. The number of rotatable bonds is 6. The van der Waals surface area contributed by atoms with Crippen molar-refractivity contribution < 1.29 is 9.53 Å². The highest BCUT2D eigenvalue weighted by Crippen LogP contribution is 2.23. The molecule has 0 unspecified atom stereocenters. The molecular formula is C21H16Br2ClN3O2. The molecule has 0 heterocycles. The Balaban J connectivity index is 1.48. The van der Waals surface area contributed by atoms with Gasteiger partial charge in [0, 0.05) is 25.2 Å². The number of hydrazone groups is 1. The number of ether oxygens (including phenoxy) is 1. The maximum atomic E-state index is 11.8. The molecule has 2 amide bonds. The molecule has 3 rings (SSSR count). The Morgan fingerprint density at radius 2 is 1.76 bits per heavy atom. The van der Waals surface area contributed by atoms with Gasteiger partial charge < -0.3 is 10.1 Å². The van der Waals surface area contributed by atoms with Gasteiger partial charge in [0.2, 0.25) is 0 Å². The summed E-state index contributed by atoms with van der Waals surface area (Å²) < 4.78 is 7.80. The van der Waals surface area contributed by atoms with Crippen molar-refractivity contribution in [2.75, 3.05) is 5.32 Å². The zero-order chi connectivity index (χ0) is 20.6. The third kappa shape index (κ3) is 6.88. The van der Waals surface area contributed by atoms with E-state index in [0.717, 1.165) is 25.8 Å². The van der Waals surface area contributed by atoms with E-state index < -0.39 is 6.03 Å². The van der Waals surface area contributed by atoms with Gasteiger partial charge in [-0.3, -0.25) is 0 Å². The predicted octanol–water partition coefficient (Wildman–Crippen LogP) is 6.60. The lowest BCUT2D eigenvalue weighted by Gasteiger charge is -2.08. The van der Waals surface area contributed by atoms with Crippen LogP contribution in [-0.2, 0) is 6.61 Å². The Morgan fingerprint density at radius 1 is 1.03 bits per heavy atom. The molecular weight excluding hydrogens is 522 g/mol. The lowest BCUT2D eigenvalue weighted by Crippen LogP contribution is -2.24. The van der Waals surface area contributed by atoms with Crippen LogP contribution in [-0.4, -0.2) is 12.2 Å². The molecule has 0 saturated heterocycles. The second kappa shape index (κ2) is 10.4. The molecule has 2 N–H and O–H groups in total. The van der Waals surface area contributed by atoms with Crippen LogP contribution < -0.4 is 15.5 Å². The van der Waals surface area contributed by atoms with Crippen LogP contribution in [0.25, 0.3) is 0 Å². The van der Waals surface area contributed by atoms with Crippen LogP contribution in [0.1, 0.15) is 11.1 Å². The van der Waals surface area contributed by atoms with Crippen molar-refractivity contribution in [3.63, 3.8) is 0 Å². The van der Waals surface area contributed by atoms with Crippen molar-refractivity contribution >= 4 is 61.4 Å². The summed E-state index contributed by atoms with van der Waals surface area (Å²) in [7, 11) is 0. The van der Waals surface area contributed by atoms with E-state index >= 15 is 0 Å². The molecule has 3 aromatic rings. The molecule has 0 saturated carbocycles. The van der Waals surface area contributed by atoms with E-state index in [9.17, 15) is 4.79 Å². The number of carbonyl (C=O) groups is 1. The molecule has 0 aliphatic heterocycles. The first-order valence-corrected chi connectivity index (χ1v) is 10.5. The van der Waals surface area contributed by atoms with E-state index in [4.69, 9.17) is 16.3 Å². The smallest absolute Gasteiger partial charge is 0.339 e. The number of nitrogens with one attached hydrogen (secondary N) is 2. The molecule has 3 aromatic carbocycles. The third-order valence-corrected chi connectivity index (χ3v) is 5.25. The van der Waals surface area contributed by atoms with Gasteiger partial charge in [0.25, 0.3) is 0 Å². The summed E-state index contributed by atoms with van der Waals surface area (Å²) in [6.45, 7) is 0.452. The van der Waals surface area contributed by atoms with Crippen LogP contribution in [0.4, 0.5) is 10.5 Å². The normalized spacial score (nSPS) is 10.7. The lowest BCUT2D eigenvalue weighted by molar-refractivity contribution is 0.252. The van der Waals surface area contributed by atoms with Gasteiger partial charge in [-0.25, -0.2) is 10.2 Å². The molecule has 0 bridgehead atoms. The highest BCUT2D eigenvalue weighted by atomic mass is 79.9. The highest BCUT2D eigenvalue weighted by Gasteiger charge is 2.03. The second-order valence-corrected chi connectivity index (χ2v) is 8.13. The summed E-state index contributed by atoms with van der Waals surface area (Å²) in [5.41, 5.74) is 4.92. The van der Waals surface area contributed by atoms with Crippen LogP contribution in [0.5, 0.6) is 5.75 Å². The van der Waals surface area contributed by atoms with Crippen LogP contribution in [0, 0.1) is 0 Å². The molecule has 5 nitrogen and oxygen atoms in total. The van der Waals surface area contributed by atoms with Crippen molar-refractivity contribution in [1.29, 1.82) is 0 Å². The zero-order valence-electron chi connectivity index (χ0n) is 15.0. The lowest BCUT2D eigenvalue weighted by atomic mass is 10.2. The summed E-state index contributed by atoms with van der Waals surface area (Å²) in [4.78, 5) is 11.8. The highest BCUT2D eigenvalue weighted by molar-refractivity contribution is 9.11. The summed E-state index contributed by atoms with van der Waals surface area (Å²) in [6, 6.07) is 19.7. The van der Waals surface area contributed by atoms with Gasteiger partial charge in [0.05, 0.1) is 6.21 Å². The molecule has 0 aromatic heterocycles. The number of anilines is 1. The Labute approximate surface area is 190 Å². The fourth-order valence-electron chi connectivity index (χ4n) is 2.31. The van der Waals surface area contributed by atoms with Crippen LogP contribution in [0.15, 0.2) is 80.8 Å². The largest absolute Gasteiger partial charge is 0.489 e. The van der Waals surface area contributed by atoms with E-state index in [1.807, 2.05) is 42.5 Å². The second-order valence-electron chi connectivity index (χ2n) is 5.92. The summed E-state index contributed by atoms with van der Waals surface area (Å²) in [5, 5.41) is 7.19. The van der Waals surface area contributed by atoms with Crippen molar-refractivity contribution in [3.8, 4) is 5.75 Å². The number of hydrogen-bond donors (Lipinski definition) is 2. The number of urea groups is 1. The molecule has 0 radical (unpaired) electrons. The van der Waals surface area contributed by atoms with Crippen LogP contribution in [0.3, 0.4) is 0 Å². The maximum Gasteiger partial charge on any atom is 0.339 e. The summed E-state index contributed by atoms with van der Waals surface area (Å²) in [5.74, 6) is 0.741. The van der Waals surface area contributed by atoms with Crippen LogP contribution >= 0.6 is 43.5 Å². The molecule has 29 heavy (non-hydrogen) atoms. The molecule has 0 atom stereocenters. The van der Waals surface area contributed by atoms with E-state index in [0.29, 0.717) is 17.3 Å². The van der Waals surface area contributed by atoms with Crippen molar-refractivity contribution in [2.24, 2.45) is 5.10 Å². The first kappa shape index (κ1) is 21.4. The standard InChI is InChI=1S/C21H16Br2ClN3O2/c22-16-4-3-15(20(23)11-16)13-29-19-9-1-14(2-10-19)12-25-27-21(28)26-18-7-5-17(24)6-8-18/h1-12H,13H2,(H2,26,27,28)/b25-12+. The number of benzene rings is 3. The molecule has 8 heteroatoms. The van der Waals surface area contributed by atoms with Gasteiger partial charge in [-0.2, -0.15) is 5.10 Å². The molecule has 0 aliphatic carbocycles. The van der Waals surface area contributed by atoms with Gasteiger partial charge in [-0.05, 0) is 66.2 Å². The Bertz CT molecular complexity index is 1010. The van der Waals surface area contributed by atoms with Gasteiger partial charge in [0.1, 0.15) is 12.4 Å². The number of nitrogens with zero attached hydrogens (tertiary/aromatic N) is 1.